The molecule has 0 spiro atoms. The van der Waals surface area contributed by atoms with E-state index < -0.39 is 9.84 Å². The minimum absolute atomic E-state index is 0.0414. The molecule has 0 aliphatic rings. The number of rotatable bonds is 7. The third-order valence-electron chi connectivity index (χ3n) is 2.20. The lowest BCUT2D eigenvalue weighted by atomic mass is 10.2. The zero-order valence-corrected chi connectivity index (χ0v) is 11.4. The van der Waals surface area contributed by atoms with Crippen molar-refractivity contribution in [1.82, 2.24) is 0 Å². The summed E-state index contributed by atoms with van der Waals surface area (Å²) < 4.78 is 32.7. The molecule has 0 saturated carbocycles. The number of hydrogen-bond donors (Lipinski definition) is 1. The highest BCUT2D eigenvalue weighted by atomic mass is 32.2. The van der Waals surface area contributed by atoms with Crippen LogP contribution in [0.4, 0.5) is 0 Å². The third-order valence-corrected chi connectivity index (χ3v) is 3.11. The monoisotopic (exact) mass is 274 g/mol. The normalized spacial score (nSPS) is 11.3. The maximum absolute atomic E-state index is 11.0. The fourth-order valence-electron chi connectivity index (χ4n) is 1.34. The first-order valence-electron chi connectivity index (χ1n) is 5.63. The van der Waals surface area contributed by atoms with Crippen molar-refractivity contribution in [1.29, 1.82) is 0 Å². The van der Waals surface area contributed by atoms with E-state index >= 15 is 0 Å². The smallest absolute Gasteiger partial charge is 0.161 e. The Hall–Kier alpha value is -1.27. The van der Waals surface area contributed by atoms with Gasteiger partial charge in [0.15, 0.2) is 21.3 Å². The summed E-state index contributed by atoms with van der Waals surface area (Å²) in [6, 6.07) is 5.05. The SMILES string of the molecule is CCOc1cc(CO)ccc1OCCS(C)(=O)=O. The van der Waals surface area contributed by atoms with Crippen LogP contribution in [0.5, 0.6) is 11.5 Å². The maximum atomic E-state index is 11.0. The van der Waals surface area contributed by atoms with Crippen LogP contribution in [0.15, 0.2) is 18.2 Å². The molecule has 1 aromatic carbocycles. The van der Waals surface area contributed by atoms with Gasteiger partial charge in [0.25, 0.3) is 0 Å². The minimum Gasteiger partial charge on any atom is -0.490 e. The Morgan fingerprint density at radius 2 is 1.94 bits per heavy atom. The molecule has 1 rings (SSSR count). The molecule has 0 amide bonds. The summed E-state index contributed by atoms with van der Waals surface area (Å²) in [5, 5.41) is 9.03. The highest BCUT2D eigenvalue weighted by Crippen LogP contribution is 2.28. The lowest BCUT2D eigenvalue weighted by Gasteiger charge is -2.12. The Kier molecular flexibility index (Phi) is 5.43. The first-order chi connectivity index (χ1) is 8.46. The van der Waals surface area contributed by atoms with Gasteiger partial charge in [-0.05, 0) is 24.6 Å². The average Bonchev–Trinajstić information content (AvgIpc) is 2.29. The van der Waals surface area contributed by atoms with Gasteiger partial charge in [-0.15, -0.1) is 0 Å². The van der Waals surface area contributed by atoms with Crippen LogP contribution >= 0.6 is 0 Å². The molecular weight excluding hydrogens is 256 g/mol. The predicted octanol–water partition coefficient (Wildman–Crippen LogP) is 1.00. The Bertz CT molecular complexity index is 481. The van der Waals surface area contributed by atoms with E-state index in [1.165, 1.54) is 0 Å². The molecular formula is C12H18O5S. The second-order valence-corrected chi connectivity index (χ2v) is 6.11. The Morgan fingerprint density at radius 3 is 2.50 bits per heavy atom. The van der Waals surface area contributed by atoms with E-state index in [0.717, 1.165) is 6.26 Å². The van der Waals surface area contributed by atoms with Gasteiger partial charge in [0.05, 0.1) is 19.0 Å². The fraction of sp³-hybridized carbons (Fsp3) is 0.500. The van der Waals surface area contributed by atoms with E-state index in [1.807, 2.05) is 6.92 Å². The van der Waals surface area contributed by atoms with E-state index in [2.05, 4.69) is 0 Å². The molecule has 0 atom stereocenters. The van der Waals surface area contributed by atoms with Crippen LogP contribution in [-0.2, 0) is 16.4 Å². The summed E-state index contributed by atoms with van der Waals surface area (Å²) in [6.45, 7) is 2.31. The van der Waals surface area contributed by atoms with Crippen LogP contribution in [0.2, 0.25) is 0 Å². The van der Waals surface area contributed by atoms with Gasteiger partial charge in [0, 0.05) is 6.26 Å². The Labute approximate surface area is 107 Å². The van der Waals surface area contributed by atoms with Crippen molar-refractivity contribution in [2.75, 3.05) is 25.2 Å². The number of aliphatic hydroxyl groups excluding tert-OH is 1. The number of hydrogen-bond acceptors (Lipinski definition) is 5. The van der Waals surface area contributed by atoms with Gasteiger partial charge in [0.2, 0.25) is 0 Å². The van der Waals surface area contributed by atoms with Gasteiger partial charge < -0.3 is 14.6 Å². The van der Waals surface area contributed by atoms with Gasteiger partial charge >= 0.3 is 0 Å². The summed E-state index contributed by atoms with van der Waals surface area (Å²) in [4.78, 5) is 0. The predicted molar refractivity (Wildman–Crippen MR) is 68.7 cm³/mol. The molecule has 1 aromatic rings. The van der Waals surface area contributed by atoms with Crippen molar-refractivity contribution >= 4 is 9.84 Å². The molecule has 0 saturated heterocycles. The van der Waals surface area contributed by atoms with E-state index in [0.29, 0.717) is 23.7 Å². The number of benzene rings is 1. The third kappa shape index (κ3) is 4.93. The lowest BCUT2D eigenvalue weighted by molar-refractivity contribution is 0.274. The van der Waals surface area contributed by atoms with Gasteiger partial charge in [-0.3, -0.25) is 0 Å². The molecule has 0 bridgehead atoms. The molecule has 0 unspecified atom stereocenters. The molecule has 0 aliphatic carbocycles. The number of ether oxygens (including phenoxy) is 2. The van der Waals surface area contributed by atoms with E-state index in [9.17, 15) is 8.42 Å². The molecule has 1 N–H and O–H groups in total. The molecule has 0 aliphatic heterocycles. The van der Waals surface area contributed by atoms with Gasteiger partial charge in [-0.1, -0.05) is 6.07 Å². The zero-order valence-electron chi connectivity index (χ0n) is 10.5. The molecule has 5 nitrogen and oxygen atoms in total. The number of aliphatic hydroxyl groups is 1. The zero-order chi connectivity index (χ0) is 13.6. The summed E-state index contributed by atoms with van der Waals surface area (Å²) in [7, 11) is -3.04. The average molecular weight is 274 g/mol. The fourth-order valence-corrected chi connectivity index (χ4v) is 1.73. The van der Waals surface area contributed by atoms with Crippen LogP contribution in [0.1, 0.15) is 12.5 Å². The van der Waals surface area contributed by atoms with Gasteiger partial charge in [-0.25, -0.2) is 8.42 Å². The lowest BCUT2D eigenvalue weighted by Crippen LogP contribution is -2.12. The second kappa shape index (κ2) is 6.61. The van der Waals surface area contributed by atoms with Crippen LogP contribution < -0.4 is 9.47 Å². The largest absolute Gasteiger partial charge is 0.490 e. The highest BCUT2D eigenvalue weighted by molar-refractivity contribution is 7.90. The molecule has 18 heavy (non-hydrogen) atoms. The standard InChI is InChI=1S/C12H18O5S/c1-3-16-12-8-10(9-13)4-5-11(12)17-6-7-18(2,14)15/h4-5,8,13H,3,6-7,9H2,1-2H3. The number of sulfone groups is 1. The van der Waals surface area contributed by atoms with Crippen molar-refractivity contribution in [3.8, 4) is 11.5 Å². The van der Waals surface area contributed by atoms with E-state index in [-0.39, 0.29) is 19.0 Å². The van der Waals surface area contributed by atoms with Crippen molar-refractivity contribution in [3.05, 3.63) is 23.8 Å². The quantitative estimate of drug-likeness (QED) is 0.803. The summed E-state index contributed by atoms with van der Waals surface area (Å²) in [5.74, 6) is 0.954. The first-order valence-corrected chi connectivity index (χ1v) is 7.69. The van der Waals surface area contributed by atoms with Crippen LogP contribution in [0.25, 0.3) is 0 Å². The van der Waals surface area contributed by atoms with Crippen LogP contribution in [0, 0.1) is 0 Å². The van der Waals surface area contributed by atoms with E-state index in [4.69, 9.17) is 14.6 Å². The molecule has 0 aromatic heterocycles. The van der Waals surface area contributed by atoms with Crippen molar-refractivity contribution < 1.29 is 23.0 Å². The topological polar surface area (TPSA) is 72.8 Å². The summed E-state index contributed by atoms with van der Waals surface area (Å²) in [5.41, 5.74) is 0.717. The van der Waals surface area contributed by atoms with Gasteiger partial charge in [0.1, 0.15) is 6.61 Å². The van der Waals surface area contributed by atoms with Crippen molar-refractivity contribution in [2.45, 2.75) is 13.5 Å². The first kappa shape index (κ1) is 14.8. The van der Waals surface area contributed by atoms with Crippen molar-refractivity contribution in [2.24, 2.45) is 0 Å². The van der Waals surface area contributed by atoms with Crippen LogP contribution in [0.3, 0.4) is 0 Å². The Balaban J connectivity index is 2.74. The van der Waals surface area contributed by atoms with E-state index in [1.54, 1.807) is 18.2 Å². The highest BCUT2D eigenvalue weighted by Gasteiger charge is 2.08. The molecule has 6 heteroatoms. The maximum Gasteiger partial charge on any atom is 0.161 e. The molecule has 0 fully saturated rings. The van der Waals surface area contributed by atoms with Crippen molar-refractivity contribution in [3.63, 3.8) is 0 Å². The second-order valence-electron chi connectivity index (χ2n) is 3.85. The minimum atomic E-state index is -3.04. The Morgan fingerprint density at radius 1 is 1.22 bits per heavy atom. The summed E-state index contributed by atoms with van der Waals surface area (Å²) >= 11 is 0. The molecule has 0 heterocycles. The summed E-state index contributed by atoms with van der Waals surface area (Å²) in [6.07, 6.45) is 1.16. The van der Waals surface area contributed by atoms with Gasteiger partial charge in [-0.2, -0.15) is 0 Å². The van der Waals surface area contributed by atoms with Crippen LogP contribution in [-0.4, -0.2) is 38.7 Å². The molecule has 0 radical (unpaired) electrons. The molecule has 102 valence electrons.